The smallest absolute Gasteiger partial charge is 0.267 e. The van der Waals surface area contributed by atoms with Gasteiger partial charge in [-0.2, -0.15) is 0 Å². The maximum absolute atomic E-state index is 11.1. The fraction of sp³-hybridized carbons (Fsp3) is 0.714. The molecule has 0 aromatic carbocycles. The molecule has 1 aliphatic heterocycles. The van der Waals surface area contributed by atoms with Gasteiger partial charge in [-0.25, -0.2) is 0 Å². The maximum Gasteiger partial charge on any atom is 0.267 e. The van der Waals surface area contributed by atoms with Crippen LogP contribution in [0.15, 0.2) is 4.99 Å². The molecule has 0 fully saturated rings. The Morgan fingerprint density at radius 1 is 1.70 bits per heavy atom. The molecular weight excluding hydrogens is 128 g/mol. The predicted molar refractivity (Wildman–Crippen MR) is 40.2 cm³/mol. The van der Waals surface area contributed by atoms with E-state index in [-0.39, 0.29) is 11.9 Å². The van der Waals surface area contributed by atoms with Crippen molar-refractivity contribution in [2.45, 2.75) is 19.9 Å². The van der Waals surface area contributed by atoms with Gasteiger partial charge in [0, 0.05) is 13.1 Å². The van der Waals surface area contributed by atoms with E-state index in [9.17, 15) is 4.79 Å². The van der Waals surface area contributed by atoms with Gasteiger partial charge in [-0.3, -0.25) is 9.79 Å². The number of hydrogen-bond donors (Lipinski definition) is 0. The number of likely N-dealkylation sites (N-methyl/N-ethyl adjacent to an activating group) is 1. The van der Waals surface area contributed by atoms with Crippen molar-refractivity contribution in [3.8, 4) is 0 Å². The van der Waals surface area contributed by atoms with Crippen LogP contribution >= 0.6 is 0 Å². The molecule has 1 amide bonds. The van der Waals surface area contributed by atoms with E-state index in [4.69, 9.17) is 0 Å². The summed E-state index contributed by atoms with van der Waals surface area (Å²) >= 11 is 0. The van der Waals surface area contributed by atoms with E-state index in [1.165, 1.54) is 0 Å². The summed E-state index contributed by atoms with van der Waals surface area (Å²) in [5.74, 6) is 0.0544. The molecule has 0 saturated heterocycles. The summed E-state index contributed by atoms with van der Waals surface area (Å²) in [6.45, 7) is 4.49. The minimum atomic E-state index is 0.0544. The van der Waals surface area contributed by atoms with Gasteiger partial charge in [0.1, 0.15) is 0 Å². The number of nitrogens with zero attached hydrogens (tertiary/aromatic N) is 2. The topological polar surface area (TPSA) is 32.7 Å². The van der Waals surface area contributed by atoms with Gasteiger partial charge in [0.05, 0.1) is 12.3 Å². The van der Waals surface area contributed by atoms with Crippen molar-refractivity contribution in [2.24, 2.45) is 4.99 Å². The minimum Gasteiger partial charge on any atom is -0.336 e. The van der Waals surface area contributed by atoms with Crippen LogP contribution in [0.25, 0.3) is 0 Å². The number of amides is 1. The lowest BCUT2D eigenvalue weighted by Crippen LogP contribution is -2.44. The Morgan fingerprint density at radius 3 is 2.80 bits per heavy atom. The van der Waals surface area contributed by atoms with E-state index in [2.05, 4.69) is 4.99 Å². The first kappa shape index (κ1) is 7.25. The monoisotopic (exact) mass is 140 g/mol. The van der Waals surface area contributed by atoms with E-state index in [1.807, 2.05) is 14.0 Å². The van der Waals surface area contributed by atoms with Crippen molar-refractivity contribution in [2.75, 3.05) is 13.6 Å². The highest BCUT2D eigenvalue weighted by molar-refractivity contribution is 6.38. The quantitative estimate of drug-likeness (QED) is 0.476. The van der Waals surface area contributed by atoms with Gasteiger partial charge < -0.3 is 4.90 Å². The number of carbonyl (C=O) groups excluding carboxylic acids is 1. The second-order valence-corrected chi connectivity index (χ2v) is 2.69. The number of hydrogen-bond acceptors (Lipinski definition) is 2. The Labute approximate surface area is 60.7 Å². The van der Waals surface area contributed by atoms with Gasteiger partial charge in [-0.05, 0) is 13.8 Å². The number of carbonyl (C=O) groups is 1. The normalized spacial score (nSPS) is 26.7. The zero-order chi connectivity index (χ0) is 7.72. The second-order valence-electron chi connectivity index (χ2n) is 2.69. The molecule has 0 N–H and O–H groups in total. The van der Waals surface area contributed by atoms with Gasteiger partial charge in [-0.15, -0.1) is 0 Å². The summed E-state index contributed by atoms with van der Waals surface area (Å²) in [5.41, 5.74) is 0.626. The molecule has 1 atom stereocenters. The molecule has 56 valence electrons. The van der Waals surface area contributed by atoms with Gasteiger partial charge in [0.25, 0.3) is 5.91 Å². The highest BCUT2D eigenvalue weighted by Crippen LogP contribution is 2.04. The molecule has 0 spiro atoms. The fourth-order valence-corrected chi connectivity index (χ4v) is 0.915. The second kappa shape index (κ2) is 2.40. The third-order valence-corrected chi connectivity index (χ3v) is 1.88. The third kappa shape index (κ3) is 1.03. The molecule has 0 radical (unpaired) electrons. The standard InChI is InChI=1S/C7H12N2O/c1-5-4-8-6(2)7(10)9(5)3/h5H,4H2,1-3H3. The Bertz CT molecular complexity index is 186. The molecule has 0 saturated carbocycles. The third-order valence-electron chi connectivity index (χ3n) is 1.88. The molecule has 1 aliphatic rings. The van der Waals surface area contributed by atoms with Crippen LogP contribution in [0.4, 0.5) is 0 Å². The van der Waals surface area contributed by atoms with Crippen LogP contribution in [0.2, 0.25) is 0 Å². The van der Waals surface area contributed by atoms with Gasteiger partial charge in [-0.1, -0.05) is 0 Å². The first-order valence-corrected chi connectivity index (χ1v) is 3.41. The molecule has 1 rings (SSSR count). The van der Waals surface area contributed by atoms with Crippen LogP contribution in [-0.4, -0.2) is 36.2 Å². The van der Waals surface area contributed by atoms with Crippen molar-refractivity contribution in [3.63, 3.8) is 0 Å². The van der Waals surface area contributed by atoms with Crippen molar-refractivity contribution in [1.29, 1.82) is 0 Å². The van der Waals surface area contributed by atoms with Crippen molar-refractivity contribution in [1.82, 2.24) is 4.90 Å². The van der Waals surface area contributed by atoms with Crippen LogP contribution < -0.4 is 0 Å². The Morgan fingerprint density at radius 2 is 2.30 bits per heavy atom. The lowest BCUT2D eigenvalue weighted by Gasteiger charge is -2.27. The van der Waals surface area contributed by atoms with Crippen molar-refractivity contribution < 1.29 is 4.79 Å². The van der Waals surface area contributed by atoms with E-state index < -0.39 is 0 Å². The fourth-order valence-electron chi connectivity index (χ4n) is 0.915. The molecule has 0 aromatic heterocycles. The summed E-state index contributed by atoms with van der Waals surface area (Å²) in [4.78, 5) is 16.9. The molecule has 10 heavy (non-hydrogen) atoms. The highest BCUT2D eigenvalue weighted by atomic mass is 16.2. The highest BCUT2D eigenvalue weighted by Gasteiger charge is 2.21. The largest absolute Gasteiger partial charge is 0.336 e. The van der Waals surface area contributed by atoms with E-state index >= 15 is 0 Å². The SMILES string of the molecule is CC1=NCC(C)N(C)C1=O. The van der Waals surface area contributed by atoms with E-state index in [0.29, 0.717) is 5.71 Å². The first-order valence-electron chi connectivity index (χ1n) is 3.41. The predicted octanol–water partition coefficient (Wildman–Crippen LogP) is 0.308. The van der Waals surface area contributed by atoms with Gasteiger partial charge >= 0.3 is 0 Å². The zero-order valence-electron chi connectivity index (χ0n) is 6.59. The Hall–Kier alpha value is -0.860. The Balaban J connectivity index is 2.81. The first-order chi connectivity index (χ1) is 4.63. The number of rotatable bonds is 0. The molecular formula is C7H12N2O. The summed E-state index contributed by atoms with van der Waals surface area (Å²) in [6.07, 6.45) is 0. The molecule has 0 bridgehead atoms. The van der Waals surface area contributed by atoms with Crippen LogP contribution in [0.5, 0.6) is 0 Å². The van der Waals surface area contributed by atoms with Crippen molar-refractivity contribution >= 4 is 11.6 Å². The number of aliphatic imine (C=N–C) groups is 1. The molecule has 0 aliphatic carbocycles. The zero-order valence-corrected chi connectivity index (χ0v) is 6.59. The van der Waals surface area contributed by atoms with Gasteiger partial charge in [0.15, 0.2) is 0 Å². The summed E-state index contributed by atoms with van der Waals surface area (Å²) in [6, 6.07) is 0.260. The van der Waals surface area contributed by atoms with E-state index in [0.717, 1.165) is 6.54 Å². The van der Waals surface area contributed by atoms with Crippen LogP contribution in [0, 0.1) is 0 Å². The molecule has 0 aromatic rings. The Kier molecular flexibility index (Phi) is 1.74. The molecule has 1 unspecified atom stereocenters. The van der Waals surface area contributed by atoms with Crippen LogP contribution in [0.3, 0.4) is 0 Å². The summed E-state index contributed by atoms with van der Waals surface area (Å²) in [7, 11) is 1.81. The molecule has 3 heteroatoms. The summed E-state index contributed by atoms with van der Waals surface area (Å²) in [5, 5.41) is 0. The van der Waals surface area contributed by atoms with Crippen LogP contribution in [-0.2, 0) is 4.79 Å². The average molecular weight is 140 g/mol. The maximum atomic E-state index is 11.1. The van der Waals surface area contributed by atoms with Gasteiger partial charge in [0.2, 0.25) is 0 Å². The lowest BCUT2D eigenvalue weighted by atomic mass is 10.2. The lowest BCUT2D eigenvalue weighted by molar-refractivity contribution is -0.125. The van der Waals surface area contributed by atoms with Crippen molar-refractivity contribution in [3.05, 3.63) is 0 Å². The van der Waals surface area contributed by atoms with E-state index in [1.54, 1.807) is 11.8 Å². The average Bonchev–Trinajstić information content (AvgIpc) is 1.93. The molecule has 1 heterocycles. The minimum absolute atomic E-state index is 0.0544. The van der Waals surface area contributed by atoms with Crippen LogP contribution in [0.1, 0.15) is 13.8 Å². The summed E-state index contributed by atoms with van der Waals surface area (Å²) < 4.78 is 0. The molecule has 3 nitrogen and oxygen atoms in total.